The Bertz CT molecular complexity index is 651. The minimum absolute atomic E-state index is 0.444. The van der Waals surface area contributed by atoms with Gasteiger partial charge in [-0.3, -0.25) is 0 Å². The van der Waals surface area contributed by atoms with Gasteiger partial charge in [0.2, 0.25) is 0 Å². The third-order valence-corrected chi connectivity index (χ3v) is 4.29. The minimum atomic E-state index is 0.444. The van der Waals surface area contributed by atoms with Gasteiger partial charge in [0, 0.05) is 37.1 Å². The number of aromatic nitrogens is 1. The molecule has 4 nitrogen and oxygen atoms in total. The number of nitrogens with zero attached hydrogens (tertiary/aromatic N) is 1. The molecule has 0 aliphatic carbocycles. The molecule has 2 aromatic rings. The van der Waals surface area contributed by atoms with Gasteiger partial charge in [0.05, 0.1) is 16.8 Å². The van der Waals surface area contributed by atoms with E-state index < -0.39 is 0 Å². The topological polar surface area (TPSA) is 49.0 Å². The molecule has 6 heteroatoms. The van der Waals surface area contributed by atoms with Gasteiger partial charge in [-0.25, -0.2) is 4.98 Å². The smallest absolute Gasteiger partial charge is 0.131 e. The molecule has 22 heavy (non-hydrogen) atoms. The number of benzene rings is 1. The van der Waals surface area contributed by atoms with E-state index in [0.29, 0.717) is 17.7 Å². The summed E-state index contributed by atoms with van der Waals surface area (Å²) in [6.45, 7) is 4.61. The summed E-state index contributed by atoms with van der Waals surface area (Å²) in [5.41, 5.74) is 4.15. The number of anilines is 2. The average molecular weight is 337 g/mol. The van der Waals surface area contributed by atoms with Crippen LogP contribution < -0.4 is 16.0 Å². The highest BCUT2D eigenvalue weighted by atomic mass is 35.5. The molecule has 0 radical (unpaired) electrons. The highest BCUT2D eigenvalue weighted by Gasteiger charge is 2.18. The summed E-state index contributed by atoms with van der Waals surface area (Å²) in [7, 11) is 0. The summed E-state index contributed by atoms with van der Waals surface area (Å²) >= 11 is 12.3. The second-order valence-corrected chi connectivity index (χ2v) is 6.24. The quantitative estimate of drug-likeness (QED) is 0.729. The van der Waals surface area contributed by atoms with Crippen LogP contribution in [0, 0.1) is 6.92 Å². The number of hydrogen-bond donors (Lipinski definition) is 3. The van der Waals surface area contributed by atoms with Crippen LogP contribution in [0.5, 0.6) is 0 Å². The third-order valence-electron chi connectivity index (χ3n) is 3.77. The fraction of sp³-hybridized carbons (Fsp3) is 0.312. The zero-order valence-corrected chi connectivity index (χ0v) is 13.8. The molecule has 1 aliphatic heterocycles. The van der Waals surface area contributed by atoms with Crippen LogP contribution in [0.2, 0.25) is 10.2 Å². The van der Waals surface area contributed by atoms with Crippen LogP contribution in [0.1, 0.15) is 11.1 Å². The molecule has 0 saturated carbocycles. The van der Waals surface area contributed by atoms with Crippen LogP contribution in [-0.2, 0) is 6.54 Å². The highest BCUT2D eigenvalue weighted by molar-refractivity contribution is 6.33. The average Bonchev–Trinajstić information content (AvgIpc) is 2.44. The van der Waals surface area contributed by atoms with Crippen molar-refractivity contribution in [1.29, 1.82) is 0 Å². The minimum Gasteiger partial charge on any atom is -0.379 e. The normalized spacial score (nSPS) is 14.5. The van der Waals surface area contributed by atoms with E-state index in [0.717, 1.165) is 40.6 Å². The Morgan fingerprint density at radius 2 is 2.14 bits per heavy atom. The van der Waals surface area contributed by atoms with Gasteiger partial charge in [0.25, 0.3) is 0 Å². The molecule has 116 valence electrons. The predicted octanol–water partition coefficient (Wildman–Crippen LogP) is 3.69. The van der Waals surface area contributed by atoms with E-state index in [4.69, 9.17) is 23.2 Å². The number of nitrogens with one attached hydrogen (secondary N) is 3. The lowest BCUT2D eigenvalue weighted by atomic mass is 10.1. The Balaban J connectivity index is 1.76. The lowest BCUT2D eigenvalue weighted by molar-refractivity contribution is 0.472. The van der Waals surface area contributed by atoms with Crippen molar-refractivity contribution < 1.29 is 0 Å². The van der Waals surface area contributed by atoms with Gasteiger partial charge in [0.1, 0.15) is 5.15 Å². The molecule has 3 rings (SSSR count). The molecule has 1 fully saturated rings. The predicted molar refractivity (Wildman–Crippen MR) is 93.0 cm³/mol. The Morgan fingerprint density at radius 3 is 2.82 bits per heavy atom. The Morgan fingerprint density at radius 1 is 1.32 bits per heavy atom. The molecule has 0 unspecified atom stereocenters. The number of para-hydroxylation sites is 1. The number of halogens is 2. The molecule has 1 aromatic heterocycles. The van der Waals surface area contributed by atoms with E-state index in [2.05, 4.69) is 20.9 Å². The van der Waals surface area contributed by atoms with Gasteiger partial charge >= 0.3 is 0 Å². The van der Waals surface area contributed by atoms with Gasteiger partial charge in [-0.2, -0.15) is 0 Å². The van der Waals surface area contributed by atoms with Crippen LogP contribution >= 0.6 is 23.2 Å². The van der Waals surface area contributed by atoms with Crippen molar-refractivity contribution in [2.75, 3.05) is 23.7 Å². The maximum absolute atomic E-state index is 6.25. The van der Waals surface area contributed by atoms with Crippen LogP contribution in [0.25, 0.3) is 0 Å². The van der Waals surface area contributed by atoms with Crippen molar-refractivity contribution >= 4 is 34.6 Å². The van der Waals surface area contributed by atoms with E-state index in [1.165, 1.54) is 0 Å². The van der Waals surface area contributed by atoms with Gasteiger partial charge in [-0.15, -0.1) is 0 Å². The van der Waals surface area contributed by atoms with E-state index in [-0.39, 0.29) is 0 Å². The van der Waals surface area contributed by atoms with E-state index >= 15 is 0 Å². The Labute approximate surface area is 140 Å². The molecule has 0 spiro atoms. The molecule has 1 saturated heterocycles. The standard InChI is InChI=1S/C16H18Cl2N4/c1-10-3-2-4-13(17)16(10)21-7-11-6-20-15(18)5-14(11)22-12-8-19-9-12/h2-6,12,19,21H,7-9H2,1H3,(H,20,22). The Hall–Kier alpha value is -1.49. The second-order valence-electron chi connectivity index (χ2n) is 5.45. The first-order valence-corrected chi connectivity index (χ1v) is 8.00. The lowest BCUT2D eigenvalue weighted by Gasteiger charge is -2.30. The van der Waals surface area contributed by atoms with E-state index in [1.54, 1.807) is 6.20 Å². The van der Waals surface area contributed by atoms with Crippen LogP contribution in [0.3, 0.4) is 0 Å². The molecular weight excluding hydrogens is 319 g/mol. The zero-order chi connectivity index (χ0) is 15.5. The monoisotopic (exact) mass is 336 g/mol. The molecule has 2 heterocycles. The summed E-state index contributed by atoms with van der Waals surface area (Å²) in [5.74, 6) is 0. The van der Waals surface area contributed by atoms with Crippen molar-refractivity contribution in [1.82, 2.24) is 10.3 Å². The van der Waals surface area contributed by atoms with Crippen molar-refractivity contribution in [3.05, 3.63) is 51.8 Å². The summed E-state index contributed by atoms with van der Waals surface area (Å²) < 4.78 is 0. The first kappa shape index (κ1) is 15.4. The SMILES string of the molecule is Cc1cccc(Cl)c1NCc1cnc(Cl)cc1NC1CNC1. The molecular formula is C16H18Cl2N4. The summed E-state index contributed by atoms with van der Waals surface area (Å²) in [6.07, 6.45) is 1.80. The Kier molecular flexibility index (Phi) is 4.71. The van der Waals surface area contributed by atoms with Gasteiger partial charge in [-0.05, 0) is 24.6 Å². The lowest BCUT2D eigenvalue weighted by Crippen LogP contribution is -2.51. The van der Waals surface area contributed by atoms with Crippen LogP contribution in [0.15, 0.2) is 30.5 Å². The van der Waals surface area contributed by atoms with E-state index in [1.807, 2.05) is 31.2 Å². The summed E-state index contributed by atoms with van der Waals surface area (Å²) in [5, 5.41) is 11.3. The third kappa shape index (κ3) is 3.46. The largest absolute Gasteiger partial charge is 0.379 e. The van der Waals surface area contributed by atoms with Gasteiger partial charge in [-0.1, -0.05) is 35.3 Å². The number of pyridine rings is 1. The van der Waals surface area contributed by atoms with Crippen molar-refractivity contribution in [2.45, 2.75) is 19.5 Å². The number of aryl methyl sites for hydroxylation is 1. The number of rotatable bonds is 5. The molecule has 0 amide bonds. The molecule has 0 bridgehead atoms. The molecule has 1 aliphatic rings. The highest BCUT2D eigenvalue weighted by Crippen LogP contribution is 2.27. The zero-order valence-electron chi connectivity index (χ0n) is 12.3. The fourth-order valence-electron chi connectivity index (χ4n) is 2.38. The number of hydrogen-bond acceptors (Lipinski definition) is 4. The van der Waals surface area contributed by atoms with Crippen molar-refractivity contribution in [3.63, 3.8) is 0 Å². The van der Waals surface area contributed by atoms with Gasteiger partial charge in [0.15, 0.2) is 0 Å². The van der Waals surface area contributed by atoms with Crippen LogP contribution in [0.4, 0.5) is 11.4 Å². The maximum atomic E-state index is 6.25. The fourth-order valence-corrected chi connectivity index (χ4v) is 2.83. The summed E-state index contributed by atoms with van der Waals surface area (Å²) in [6, 6.07) is 8.18. The first-order valence-electron chi connectivity index (χ1n) is 7.24. The van der Waals surface area contributed by atoms with Gasteiger partial charge < -0.3 is 16.0 Å². The first-order chi connectivity index (χ1) is 10.6. The maximum Gasteiger partial charge on any atom is 0.131 e. The van der Waals surface area contributed by atoms with E-state index in [9.17, 15) is 0 Å². The molecule has 0 atom stereocenters. The van der Waals surface area contributed by atoms with Crippen LogP contribution in [-0.4, -0.2) is 24.1 Å². The van der Waals surface area contributed by atoms with Crippen molar-refractivity contribution in [3.8, 4) is 0 Å². The summed E-state index contributed by atoms with van der Waals surface area (Å²) in [4.78, 5) is 4.18. The molecule has 3 N–H and O–H groups in total. The van der Waals surface area contributed by atoms with Crippen molar-refractivity contribution in [2.24, 2.45) is 0 Å². The molecule has 1 aromatic carbocycles. The second kappa shape index (κ2) is 6.73.